The third-order valence-electron chi connectivity index (χ3n) is 3.53. The third kappa shape index (κ3) is 3.23. The van der Waals surface area contributed by atoms with Gasteiger partial charge in [0.2, 0.25) is 5.91 Å². The van der Waals surface area contributed by atoms with Gasteiger partial charge in [-0.1, -0.05) is 30.3 Å². The number of carbonyl (C=O) groups is 1. The number of nitrogens with zero attached hydrogens (tertiary/aromatic N) is 1. The molecule has 0 N–H and O–H groups in total. The lowest BCUT2D eigenvalue weighted by Gasteiger charge is -2.35. The third-order valence-corrected chi connectivity index (χ3v) is 3.53. The SMILES string of the molecule is O=C(/C=C/c1ccco1)N1CCOC[C@@H]1c1ccccc1. The van der Waals surface area contributed by atoms with Gasteiger partial charge in [0.15, 0.2) is 0 Å². The predicted molar refractivity (Wildman–Crippen MR) is 79.5 cm³/mol. The summed E-state index contributed by atoms with van der Waals surface area (Å²) in [5.41, 5.74) is 1.09. The van der Waals surface area contributed by atoms with Crippen LogP contribution in [0.1, 0.15) is 17.4 Å². The fourth-order valence-corrected chi connectivity index (χ4v) is 2.45. The fraction of sp³-hybridized carbons (Fsp3) is 0.235. The van der Waals surface area contributed by atoms with Gasteiger partial charge in [-0.25, -0.2) is 0 Å². The highest BCUT2D eigenvalue weighted by molar-refractivity contribution is 5.91. The average molecular weight is 283 g/mol. The van der Waals surface area contributed by atoms with E-state index in [1.807, 2.05) is 41.3 Å². The monoisotopic (exact) mass is 283 g/mol. The molecule has 1 aliphatic rings. The molecule has 1 fully saturated rings. The van der Waals surface area contributed by atoms with Crippen LogP contribution in [0.4, 0.5) is 0 Å². The van der Waals surface area contributed by atoms with Crippen LogP contribution in [0.2, 0.25) is 0 Å². The summed E-state index contributed by atoms with van der Waals surface area (Å²) < 4.78 is 10.7. The van der Waals surface area contributed by atoms with Crippen molar-refractivity contribution in [1.29, 1.82) is 0 Å². The van der Waals surface area contributed by atoms with E-state index in [-0.39, 0.29) is 11.9 Å². The van der Waals surface area contributed by atoms with Gasteiger partial charge in [-0.3, -0.25) is 4.79 Å². The van der Waals surface area contributed by atoms with Gasteiger partial charge in [-0.15, -0.1) is 0 Å². The van der Waals surface area contributed by atoms with E-state index in [1.54, 1.807) is 24.5 Å². The molecule has 0 aliphatic carbocycles. The van der Waals surface area contributed by atoms with Crippen molar-refractivity contribution in [2.45, 2.75) is 6.04 Å². The minimum atomic E-state index is -0.0336. The molecule has 0 bridgehead atoms. The van der Waals surface area contributed by atoms with Gasteiger partial charge in [-0.05, 0) is 23.8 Å². The molecule has 21 heavy (non-hydrogen) atoms. The lowest BCUT2D eigenvalue weighted by atomic mass is 10.0. The first kappa shape index (κ1) is 13.6. The molecule has 2 heterocycles. The molecule has 1 aliphatic heterocycles. The number of ether oxygens (including phenoxy) is 1. The molecule has 4 nitrogen and oxygen atoms in total. The molecule has 1 aromatic heterocycles. The van der Waals surface area contributed by atoms with Crippen LogP contribution in [-0.2, 0) is 9.53 Å². The molecule has 2 aromatic rings. The molecule has 1 amide bonds. The fourth-order valence-electron chi connectivity index (χ4n) is 2.45. The highest BCUT2D eigenvalue weighted by Crippen LogP contribution is 2.24. The maximum Gasteiger partial charge on any atom is 0.247 e. The molecule has 1 aromatic carbocycles. The van der Waals surface area contributed by atoms with Gasteiger partial charge in [0.1, 0.15) is 5.76 Å². The minimum Gasteiger partial charge on any atom is -0.465 e. The van der Waals surface area contributed by atoms with E-state index >= 15 is 0 Å². The molecule has 4 heteroatoms. The van der Waals surface area contributed by atoms with Gasteiger partial charge < -0.3 is 14.1 Å². The smallest absolute Gasteiger partial charge is 0.247 e. The van der Waals surface area contributed by atoms with Gasteiger partial charge in [0, 0.05) is 12.6 Å². The Hall–Kier alpha value is -2.33. The number of benzene rings is 1. The second-order valence-electron chi connectivity index (χ2n) is 4.88. The Bertz CT molecular complexity index is 604. The molecular weight excluding hydrogens is 266 g/mol. The molecule has 108 valence electrons. The van der Waals surface area contributed by atoms with Crippen LogP contribution in [0.5, 0.6) is 0 Å². The zero-order valence-electron chi connectivity index (χ0n) is 11.6. The van der Waals surface area contributed by atoms with Crippen LogP contribution in [0.3, 0.4) is 0 Å². The number of hydrogen-bond donors (Lipinski definition) is 0. The molecule has 3 rings (SSSR count). The predicted octanol–water partition coefficient (Wildman–Crippen LogP) is 2.89. The standard InChI is InChI=1S/C17H17NO3/c19-17(9-8-15-7-4-11-21-15)18-10-12-20-13-16(18)14-5-2-1-3-6-14/h1-9,11,16H,10,12-13H2/b9-8+/t16-/m1/s1. The van der Waals surface area contributed by atoms with Gasteiger partial charge in [0.25, 0.3) is 0 Å². The highest BCUT2D eigenvalue weighted by Gasteiger charge is 2.27. The topological polar surface area (TPSA) is 42.7 Å². The summed E-state index contributed by atoms with van der Waals surface area (Å²) in [6.07, 6.45) is 4.84. The summed E-state index contributed by atoms with van der Waals surface area (Å²) in [5.74, 6) is 0.649. The second-order valence-corrected chi connectivity index (χ2v) is 4.88. The Morgan fingerprint density at radius 1 is 1.19 bits per heavy atom. The zero-order chi connectivity index (χ0) is 14.5. The Labute approximate surface area is 123 Å². The van der Waals surface area contributed by atoms with E-state index in [1.165, 1.54) is 0 Å². The molecule has 1 atom stereocenters. The molecule has 1 saturated heterocycles. The Morgan fingerprint density at radius 3 is 2.81 bits per heavy atom. The van der Waals surface area contributed by atoms with Gasteiger partial charge >= 0.3 is 0 Å². The van der Waals surface area contributed by atoms with Crippen molar-refractivity contribution in [3.63, 3.8) is 0 Å². The molecule has 0 radical (unpaired) electrons. The summed E-state index contributed by atoms with van der Waals surface area (Å²) in [7, 11) is 0. The van der Waals surface area contributed by atoms with Crippen LogP contribution in [0.15, 0.2) is 59.2 Å². The zero-order valence-corrected chi connectivity index (χ0v) is 11.6. The quantitative estimate of drug-likeness (QED) is 0.813. The Balaban J connectivity index is 1.76. The molecule has 0 saturated carbocycles. The van der Waals surface area contributed by atoms with Crippen molar-refractivity contribution >= 4 is 12.0 Å². The Kier molecular flexibility index (Phi) is 4.17. The summed E-state index contributed by atoms with van der Waals surface area (Å²) >= 11 is 0. The van der Waals surface area contributed by atoms with E-state index < -0.39 is 0 Å². The lowest BCUT2D eigenvalue weighted by molar-refractivity contribution is -0.134. The summed E-state index contributed by atoms with van der Waals surface area (Å²) in [6.45, 7) is 1.70. The maximum atomic E-state index is 12.4. The first-order valence-corrected chi connectivity index (χ1v) is 6.99. The summed E-state index contributed by atoms with van der Waals surface area (Å²) in [6, 6.07) is 13.6. The van der Waals surface area contributed by atoms with Gasteiger partial charge in [-0.2, -0.15) is 0 Å². The number of hydrogen-bond acceptors (Lipinski definition) is 3. The van der Waals surface area contributed by atoms with E-state index in [0.29, 0.717) is 25.5 Å². The van der Waals surface area contributed by atoms with E-state index in [0.717, 1.165) is 5.56 Å². The number of carbonyl (C=O) groups excluding carboxylic acids is 1. The van der Waals surface area contributed by atoms with Crippen LogP contribution in [0, 0.1) is 0 Å². The second kappa shape index (κ2) is 6.41. The number of amides is 1. The van der Waals surface area contributed by atoms with Crippen LogP contribution in [-0.4, -0.2) is 30.6 Å². The van der Waals surface area contributed by atoms with Crippen molar-refractivity contribution in [1.82, 2.24) is 4.90 Å². The van der Waals surface area contributed by atoms with E-state index in [2.05, 4.69) is 0 Å². The van der Waals surface area contributed by atoms with Crippen molar-refractivity contribution in [3.8, 4) is 0 Å². The summed E-state index contributed by atoms with van der Waals surface area (Å²) in [5, 5.41) is 0. The van der Waals surface area contributed by atoms with E-state index in [4.69, 9.17) is 9.15 Å². The van der Waals surface area contributed by atoms with Crippen molar-refractivity contribution < 1.29 is 13.9 Å². The van der Waals surface area contributed by atoms with Gasteiger partial charge in [0.05, 0.1) is 25.5 Å². The molecule has 0 spiro atoms. The Morgan fingerprint density at radius 2 is 2.05 bits per heavy atom. The summed E-state index contributed by atoms with van der Waals surface area (Å²) in [4.78, 5) is 14.3. The lowest BCUT2D eigenvalue weighted by Crippen LogP contribution is -2.42. The molecular formula is C17H17NO3. The maximum absolute atomic E-state index is 12.4. The van der Waals surface area contributed by atoms with Crippen molar-refractivity contribution in [2.24, 2.45) is 0 Å². The number of furan rings is 1. The first-order chi connectivity index (χ1) is 10.3. The van der Waals surface area contributed by atoms with Crippen LogP contribution in [0.25, 0.3) is 6.08 Å². The number of rotatable bonds is 3. The van der Waals surface area contributed by atoms with E-state index in [9.17, 15) is 4.79 Å². The molecule has 0 unspecified atom stereocenters. The normalized spacial score (nSPS) is 19.0. The largest absolute Gasteiger partial charge is 0.465 e. The highest BCUT2D eigenvalue weighted by atomic mass is 16.5. The van der Waals surface area contributed by atoms with Crippen molar-refractivity contribution in [2.75, 3.05) is 19.8 Å². The van der Waals surface area contributed by atoms with Crippen LogP contribution < -0.4 is 0 Å². The minimum absolute atomic E-state index is 0.0245. The van der Waals surface area contributed by atoms with Crippen LogP contribution >= 0.6 is 0 Å². The average Bonchev–Trinajstić information content (AvgIpc) is 3.07. The first-order valence-electron chi connectivity index (χ1n) is 6.99. The van der Waals surface area contributed by atoms with Crippen molar-refractivity contribution in [3.05, 3.63) is 66.1 Å². The number of morpholine rings is 1.